The number of nitrogens with zero attached hydrogens (tertiary/aromatic N) is 1. The minimum atomic E-state index is -0.524. The third-order valence-corrected chi connectivity index (χ3v) is 2.69. The molecule has 0 aliphatic heterocycles. The van der Waals surface area contributed by atoms with Crippen LogP contribution in [0.1, 0.15) is 36.7 Å². The average molecular weight is 295 g/mol. The summed E-state index contributed by atoms with van der Waals surface area (Å²) >= 11 is 0. The first-order valence-corrected chi connectivity index (χ1v) is 6.89. The maximum atomic E-state index is 11.9. The van der Waals surface area contributed by atoms with Crippen LogP contribution in [0.4, 0.5) is 0 Å². The molecule has 4 heteroatoms. The smallest absolute Gasteiger partial charge is 0.338 e. The van der Waals surface area contributed by atoms with Crippen molar-refractivity contribution >= 4 is 5.97 Å². The SMILES string of the molecule is CC(C)(C)OC(=O)c1ccc(Oc2cccc(C#N)c2)cc1. The molecule has 4 nitrogen and oxygen atoms in total. The molecule has 0 fully saturated rings. The van der Waals surface area contributed by atoms with Crippen LogP contribution in [-0.4, -0.2) is 11.6 Å². The maximum Gasteiger partial charge on any atom is 0.338 e. The van der Waals surface area contributed by atoms with Crippen molar-refractivity contribution in [3.63, 3.8) is 0 Å². The van der Waals surface area contributed by atoms with E-state index in [0.717, 1.165) is 0 Å². The first kappa shape index (κ1) is 15.6. The fourth-order valence-corrected chi connectivity index (χ4v) is 1.76. The van der Waals surface area contributed by atoms with Gasteiger partial charge in [-0.05, 0) is 63.2 Å². The number of esters is 1. The minimum absolute atomic E-state index is 0.370. The summed E-state index contributed by atoms with van der Waals surface area (Å²) in [4.78, 5) is 11.9. The predicted molar refractivity (Wildman–Crippen MR) is 82.8 cm³/mol. The second-order valence-electron chi connectivity index (χ2n) is 5.77. The van der Waals surface area contributed by atoms with Gasteiger partial charge < -0.3 is 9.47 Å². The van der Waals surface area contributed by atoms with E-state index < -0.39 is 5.60 Å². The number of benzene rings is 2. The number of carbonyl (C=O) groups excluding carboxylic acids is 1. The Labute approximate surface area is 129 Å². The molecule has 0 bridgehead atoms. The average Bonchev–Trinajstić information content (AvgIpc) is 2.46. The van der Waals surface area contributed by atoms with E-state index in [9.17, 15) is 4.79 Å². The Balaban J connectivity index is 2.09. The lowest BCUT2D eigenvalue weighted by Crippen LogP contribution is -2.23. The molecular weight excluding hydrogens is 278 g/mol. The van der Waals surface area contributed by atoms with Crippen molar-refractivity contribution in [3.05, 3.63) is 59.7 Å². The van der Waals surface area contributed by atoms with Crippen LogP contribution >= 0.6 is 0 Å². The molecule has 0 unspecified atom stereocenters. The van der Waals surface area contributed by atoms with E-state index in [0.29, 0.717) is 22.6 Å². The summed E-state index contributed by atoms with van der Waals surface area (Å²) in [6.45, 7) is 5.47. The Bertz CT molecular complexity index is 706. The molecule has 2 rings (SSSR count). The molecule has 2 aromatic rings. The van der Waals surface area contributed by atoms with Crippen molar-refractivity contribution in [2.75, 3.05) is 0 Å². The van der Waals surface area contributed by atoms with Gasteiger partial charge in [-0.1, -0.05) is 6.07 Å². The largest absolute Gasteiger partial charge is 0.457 e. The standard InChI is InChI=1S/C18H17NO3/c1-18(2,3)22-17(20)14-7-9-15(10-8-14)21-16-6-4-5-13(11-16)12-19/h4-11H,1-3H3. The van der Waals surface area contributed by atoms with Gasteiger partial charge in [0.2, 0.25) is 0 Å². The summed E-state index contributed by atoms with van der Waals surface area (Å²) in [5.41, 5.74) is 0.472. The highest BCUT2D eigenvalue weighted by atomic mass is 16.6. The summed E-state index contributed by atoms with van der Waals surface area (Å²) in [5.74, 6) is 0.789. The van der Waals surface area contributed by atoms with Crippen LogP contribution < -0.4 is 4.74 Å². The second-order valence-corrected chi connectivity index (χ2v) is 5.77. The Morgan fingerprint density at radius 1 is 1.05 bits per heavy atom. The lowest BCUT2D eigenvalue weighted by molar-refractivity contribution is 0.00695. The highest BCUT2D eigenvalue weighted by Crippen LogP contribution is 2.23. The first-order valence-electron chi connectivity index (χ1n) is 6.89. The molecule has 0 aromatic heterocycles. The number of hydrogen-bond donors (Lipinski definition) is 0. The Hall–Kier alpha value is -2.80. The van der Waals surface area contributed by atoms with Gasteiger partial charge in [0.25, 0.3) is 0 Å². The van der Waals surface area contributed by atoms with Crippen molar-refractivity contribution in [2.45, 2.75) is 26.4 Å². The van der Waals surface area contributed by atoms with Gasteiger partial charge in [0.1, 0.15) is 17.1 Å². The molecule has 0 heterocycles. The van der Waals surface area contributed by atoms with Gasteiger partial charge in [0, 0.05) is 0 Å². The van der Waals surface area contributed by atoms with Gasteiger partial charge in [-0.3, -0.25) is 0 Å². The molecule has 0 aliphatic carbocycles. The van der Waals surface area contributed by atoms with Crippen LogP contribution in [0.5, 0.6) is 11.5 Å². The van der Waals surface area contributed by atoms with E-state index in [1.165, 1.54) is 0 Å². The van der Waals surface area contributed by atoms with Crippen molar-refractivity contribution < 1.29 is 14.3 Å². The molecule has 0 N–H and O–H groups in total. The first-order chi connectivity index (χ1) is 10.4. The van der Waals surface area contributed by atoms with Gasteiger partial charge in [-0.2, -0.15) is 5.26 Å². The zero-order chi connectivity index (χ0) is 16.2. The number of carbonyl (C=O) groups is 1. The highest BCUT2D eigenvalue weighted by molar-refractivity contribution is 5.89. The monoisotopic (exact) mass is 295 g/mol. The van der Waals surface area contributed by atoms with Gasteiger partial charge in [0.15, 0.2) is 0 Å². The fraction of sp³-hybridized carbons (Fsp3) is 0.222. The molecule has 112 valence electrons. The minimum Gasteiger partial charge on any atom is -0.457 e. The molecular formula is C18H17NO3. The third kappa shape index (κ3) is 4.35. The number of nitriles is 1. The van der Waals surface area contributed by atoms with Crippen molar-refractivity contribution in [1.29, 1.82) is 5.26 Å². The van der Waals surface area contributed by atoms with Crippen LogP contribution in [0.25, 0.3) is 0 Å². The van der Waals surface area contributed by atoms with Crippen LogP contribution in [0.15, 0.2) is 48.5 Å². The number of rotatable bonds is 3. The quantitative estimate of drug-likeness (QED) is 0.792. The van der Waals surface area contributed by atoms with Gasteiger partial charge in [-0.15, -0.1) is 0 Å². The summed E-state index contributed by atoms with van der Waals surface area (Å²) < 4.78 is 10.9. The molecule has 0 saturated carbocycles. The Morgan fingerprint density at radius 3 is 2.32 bits per heavy atom. The van der Waals surface area contributed by atoms with Crippen molar-refractivity contribution in [1.82, 2.24) is 0 Å². The van der Waals surface area contributed by atoms with E-state index in [1.807, 2.05) is 20.8 Å². The Kier molecular flexibility index (Phi) is 4.47. The molecule has 2 aromatic carbocycles. The zero-order valence-electron chi connectivity index (χ0n) is 12.8. The van der Waals surface area contributed by atoms with Crippen LogP contribution in [-0.2, 0) is 4.74 Å². The Morgan fingerprint density at radius 2 is 1.73 bits per heavy atom. The third-order valence-electron chi connectivity index (χ3n) is 2.69. The molecule has 22 heavy (non-hydrogen) atoms. The molecule has 0 saturated heterocycles. The topological polar surface area (TPSA) is 59.3 Å². The zero-order valence-corrected chi connectivity index (χ0v) is 12.8. The predicted octanol–water partition coefficient (Wildman–Crippen LogP) is 4.31. The molecule has 0 spiro atoms. The summed E-state index contributed by atoms with van der Waals surface area (Å²) in [5, 5.41) is 8.86. The summed E-state index contributed by atoms with van der Waals surface area (Å²) in [7, 11) is 0. The second kappa shape index (κ2) is 6.31. The number of hydrogen-bond acceptors (Lipinski definition) is 4. The van der Waals surface area contributed by atoms with Crippen LogP contribution in [0.2, 0.25) is 0 Å². The summed E-state index contributed by atoms with van der Waals surface area (Å²) in [6.07, 6.45) is 0. The van der Waals surface area contributed by atoms with E-state index in [1.54, 1.807) is 48.5 Å². The summed E-state index contributed by atoms with van der Waals surface area (Å²) in [6, 6.07) is 15.6. The normalized spacial score (nSPS) is 10.6. The lowest BCUT2D eigenvalue weighted by atomic mass is 10.1. The molecule has 0 aliphatic rings. The van der Waals surface area contributed by atoms with Gasteiger partial charge in [0.05, 0.1) is 17.2 Å². The maximum absolute atomic E-state index is 11.9. The van der Waals surface area contributed by atoms with E-state index in [2.05, 4.69) is 6.07 Å². The van der Waals surface area contributed by atoms with Crippen LogP contribution in [0.3, 0.4) is 0 Å². The number of ether oxygens (including phenoxy) is 2. The van der Waals surface area contributed by atoms with Gasteiger partial charge in [-0.25, -0.2) is 4.79 Å². The lowest BCUT2D eigenvalue weighted by Gasteiger charge is -2.19. The van der Waals surface area contributed by atoms with E-state index >= 15 is 0 Å². The highest BCUT2D eigenvalue weighted by Gasteiger charge is 2.17. The fourth-order valence-electron chi connectivity index (χ4n) is 1.76. The van der Waals surface area contributed by atoms with Gasteiger partial charge >= 0.3 is 5.97 Å². The molecule has 0 radical (unpaired) electrons. The molecule has 0 amide bonds. The van der Waals surface area contributed by atoms with E-state index in [-0.39, 0.29) is 5.97 Å². The van der Waals surface area contributed by atoms with Crippen molar-refractivity contribution in [3.8, 4) is 17.6 Å². The van der Waals surface area contributed by atoms with Crippen molar-refractivity contribution in [2.24, 2.45) is 0 Å². The van der Waals surface area contributed by atoms with Crippen LogP contribution in [0, 0.1) is 11.3 Å². The van der Waals surface area contributed by atoms with E-state index in [4.69, 9.17) is 14.7 Å². The molecule has 0 atom stereocenters.